The number of nitrogens with zero attached hydrogens (tertiary/aromatic N) is 2. The van der Waals surface area contributed by atoms with Gasteiger partial charge in [0.05, 0.1) is 6.04 Å². The van der Waals surface area contributed by atoms with E-state index in [1.54, 1.807) is 12.3 Å². The van der Waals surface area contributed by atoms with E-state index in [-0.39, 0.29) is 18.6 Å². The van der Waals surface area contributed by atoms with E-state index in [0.29, 0.717) is 11.5 Å². The molecule has 24 heavy (non-hydrogen) atoms. The van der Waals surface area contributed by atoms with Crippen molar-refractivity contribution in [1.29, 1.82) is 0 Å². The highest BCUT2D eigenvalue weighted by molar-refractivity contribution is 5.62. The van der Waals surface area contributed by atoms with Crippen molar-refractivity contribution in [3.8, 4) is 28.6 Å². The first kappa shape index (κ1) is 14.6. The van der Waals surface area contributed by atoms with Gasteiger partial charge in [0.25, 0.3) is 0 Å². The summed E-state index contributed by atoms with van der Waals surface area (Å²) in [6, 6.07) is 9.89. The number of rotatable bonds is 3. The molecule has 1 atom stereocenters. The molecule has 0 bridgehead atoms. The highest BCUT2D eigenvalue weighted by Gasteiger charge is 2.18. The van der Waals surface area contributed by atoms with Crippen molar-refractivity contribution in [2.75, 3.05) is 6.79 Å². The van der Waals surface area contributed by atoms with Gasteiger partial charge in [-0.2, -0.15) is 0 Å². The van der Waals surface area contributed by atoms with Crippen molar-refractivity contribution in [2.24, 2.45) is 0 Å². The lowest BCUT2D eigenvalue weighted by atomic mass is 10.1. The summed E-state index contributed by atoms with van der Waals surface area (Å²) < 4.78 is 26.3. The van der Waals surface area contributed by atoms with Crippen LogP contribution in [0, 0.1) is 5.82 Å². The normalized spacial score (nSPS) is 13.9. The number of phenols is 1. The predicted octanol–water partition coefficient (Wildman–Crippen LogP) is 3.73. The first-order chi connectivity index (χ1) is 11.6. The summed E-state index contributed by atoms with van der Waals surface area (Å²) in [5.41, 5.74) is 1.63. The Labute approximate surface area is 137 Å². The molecule has 1 N–H and O–H groups in total. The third-order valence-electron chi connectivity index (χ3n) is 4.17. The van der Waals surface area contributed by atoms with Gasteiger partial charge in [-0.25, -0.2) is 9.37 Å². The Morgan fingerprint density at radius 2 is 2.00 bits per heavy atom. The van der Waals surface area contributed by atoms with Crippen LogP contribution in [0.2, 0.25) is 0 Å². The fourth-order valence-electron chi connectivity index (χ4n) is 2.83. The molecule has 0 fully saturated rings. The number of hydrogen-bond acceptors (Lipinski definition) is 4. The average Bonchev–Trinajstić information content (AvgIpc) is 3.24. The van der Waals surface area contributed by atoms with Crippen LogP contribution in [0.15, 0.2) is 48.8 Å². The molecule has 0 unspecified atom stereocenters. The first-order valence-corrected chi connectivity index (χ1v) is 7.55. The van der Waals surface area contributed by atoms with Gasteiger partial charge in [-0.15, -0.1) is 0 Å². The monoisotopic (exact) mass is 326 g/mol. The van der Waals surface area contributed by atoms with Crippen LogP contribution in [-0.2, 0) is 0 Å². The fourth-order valence-corrected chi connectivity index (χ4v) is 2.83. The van der Waals surface area contributed by atoms with E-state index in [4.69, 9.17) is 9.47 Å². The van der Waals surface area contributed by atoms with Gasteiger partial charge in [0, 0.05) is 18.0 Å². The highest BCUT2D eigenvalue weighted by atomic mass is 19.1. The Hall–Kier alpha value is -3.02. The molecule has 3 aromatic rings. The number of halogens is 1. The topological polar surface area (TPSA) is 56.5 Å². The van der Waals surface area contributed by atoms with Crippen molar-refractivity contribution in [3.05, 3.63) is 60.2 Å². The van der Waals surface area contributed by atoms with Gasteiger partial charge < -0.3 is 19.1 Å². The third-order valence-corrected chi connectivity index (χ3v) is 4.17. The number of benzene rings is 2. The van der Waals surface area contributed by atoms with Gasteiger partial charge in [-0.05, 0) is 42.8 Å². The van der Waals surface area contributed by atoms with E-state index in [9.17, 15) is 9.50 Å². The van der Waals surface area contributed by atoms with Crippen LogP contribution in [0.1, 0.15) is 18.5 Å². The van der Waals surface area contributed by atoms with E-state index in [1.165, 1.54) is 12.1 Å². The summed E-state index contributed by atoms with van der Waals surface area (Å²) in [6.45, 7) is 2.17. The second-order valence-electron chi connectivity index (χ2n) is 5.61. The lowest BCUT2D eigenvalue weighted by Gasteiger charge is -2.17. The Kier molecular flexibility index (Phi) is 3.37. The molecular weight excluding hydrogens is 311 g/mol. The molecule has 0 amide bonds. The SMILES string of the molecule is C[C@H](c1ccc(O)c(F)c1)n1ccnc1-c1ccc2c(c1)OCO2. The summed E-state index contributed by atoms with van der Waals surface area (Å²) in [6.07, 6.45) is 3.54. The van der Waals surface area contributed by atoms with Crippen LogP contribution in [0.25, 0.3) is 11.4 Å². The largest absolute Gasteiger partial charge is 0.505 e. The van der Waals surface area contributed by atoms with Crippen LogP contribution < -0.4 is 9.47 Å². The molecule has 2 aromatic carbocycles. The van der Waals surface area contributed by atoms with Crippen LogP contribution >= 0.6 is 0 Å². The lowest BCUT2D eigenvalue weighted by molar-refractivity contribution is 0.174. The minimum atomic E-state index is -0.635. The molecule has 0 radical (unpaired) electrons. The van der Waals surface area contributed by atoms with Crippen molar-refractivity contribution in [2.45, 2.75) is 13.0 Å². The van der Waals surface area contributed by atoms with Gasteiger partial charge in [0.2, 0.25) is 6.79 Å². The number of phenolic OH excluding ortho intramolecular Hbond substituents is 1. The van der Waals surface area contributed by atoms with Crippen LogP contribution in [0.5, 0.6) is 17.2 Å². The average molecular weight is 326 g/mol. The molecule has 2 heterocycles. The Balaban J connectivity index is 1.73. The van der Waals surface area contributed by atoms with Gasteiger partial charge in [-0.3, -0.25) is 0 Å². The molecule has 1 aliphatic heterocycles. The molecule has 5 nitrogen and oxygen atoms in total. The second-order valence-corrected chi connectivity index (χ2v) is 5.61. The standard InChI is InChI=1S/C18H15FN2O3/c1-11(12-2-4-15(22)14(19)8-12)21-7-6-20-18(21)13-3-5-16-17(9-13)24-10-23-16/h2-9,11,22H,10H2,1H3/t11-/m1/s1. The predicted molar refractivity (Wildman–Crippen MR) is 85.7 cm³/mol. The second kappa shape index (κ2) is 5.56. The summed E-state index contributed by atoms with van der Waals surface area (Å²) in [5.74, 6) is 1.15. The number of hydrogen-bond donors (Lipinski definition) is 1. The highest BCUT2D eigenvalue weighted by Crippen LogP contribution is 2.36. The minimum absolute atomic E-state index is 0.150. The molecule has 1 aromatic heterocycles. The van der Waals surface area contributed by atoms with Crippen molar-refractivity contribution < 1.29 is 19.0 Å². The minimum Gasteiger partial charge on any atom is -0.505 e. The molecule has 0 aliphatic carbocycles. The van der Waals surface area contributed by atoms with E-state index in [1.807, 2.05) is 35.9 Å². The zero-order valence-corrected chi connectivity index (χ0v) is 12.9. The number of aromatic hydroxyl groups is 1. The molecule has 0 saturated heterocycles. The lowest BCUT2D eigenvalue weighted by Crippen LogP contribution is -2.08. The van der Waals surface area contributed by atoms with Crippen molar-refractivity contribution in [1.82, 2.24) is 9.55 Å². The molecule has 0 spiro atoms. The van der Waals surface area contributed by atoms with Crippen LogP contribution in [0.3, 0.4) is 0 Å². The molecule has 0 saturated carbocycles. The quantitative estimate of drug-likeness (QED) is 0.797. The maximum atomic E-state index is 13.6. The number of aromatic nitrogens is 2. The zero-order valence-electron chi connectivity index (χ0n) is 12.9. The summed E-state index contributed by atoms with van der Waals surface area (Å²) in [5, 5.41) is 9.36. The molecule has 6 heteroatoms. The van der Waals surface area contributed by atoms with Crippen LogP contribution in [0.4, 0.5) is 4.39 Å². The molecular formula is C18H15FN2O3. The van der Waals surface area contributed by atoms with E-state index in [0.717, 1.165) is 17.0 Å². The van der Waals surface area contributed by atoms with E-state index >= 15 is 0 Å². The number of ether oxygens (including phenoxy) is 2. The van der Waals surface area contributed by atoms with E-state index in [2.05, 4.69) is 4.98 Å². The van der Waals surface area contributed by atoms with Gasteiger partial charge >= 0.3 is 0 Å². The van der Waals surface area contributed by atoms with Gasteiger partial charge in [-0.1, -0.05) is 6.07 Å². The molecule has 122 valence electrons. The van der Waals surface area contributed by atoms with Gasteiger partial charge in [0.1, 0.15) is 5.82 Å². The number of fused-ring (bicyclic) bond motifs is 1. The Morgan fingerprint density at radius 3 is 2.83 bits per heavy atom. The van der Waals surface area contributed by atoms with Crippen LogP contribution in [-0.4, -0.2) is 21.5 Å². The van der Waals surface area contributed by atoms with Gasteiger partial charge in [0.15, 0.2) is 23.1 Å². The first-order valence-electron chi connectivity index (χ1n) is 7.55. The van der Waals surface area contributed by atoms with Crippen molar-refractivity contribution >= 4 is 0 Å². The third kappa shape index (κ3) is 2.36. The summed E-state index contributed by atoms with van der Waals surface area (Å²) in [4.78, 5) is 4.42. The molecule has 1 aliphatic rings. The maximum Gasteiger partial charge on any atom is 0.231 e. The number of imidazole rings is 1. The summed E-state index contributed by atoms with van der Waals surface area (Å²) in [7, 11) is 0. The Morgan fingerprint density at radius 1 is 1.17 bits per heavy atom. The maximum absolute atomic E-state index is 13.6. The molecule has 4 rings (SSSR count). The fraction of sp³-hybridized carbons (Fsp3) is 0.167. The summed E-state index contributed by atoms with van der Waals surface area (Å²) >= 11 is 0. The zero-order chi connectivity index (χ0) is 16.7. The smallest absolute Gasteiger partial charge is 0.231 e. The Bertz CT molecular complexity index is 907. The van der Waals surface area contributed by atoms with Crippen molar-refractivity contribution in [3.63, 3.8) is 0 Å². The van der Waals surface area contributed by atoms with E-state index < -0.39 is 5.82 Å².